The van der Waals surface area contributed by atoms with Gasteiger partial charge in [0.05, 0.1) is 11.2 Å². The van der Waals surface area contributed by atoms with E-state index in [-0.39, 0.29) is 19.1 Å². The number of nitrogens with one attached hydrogen (secondary N) is 1. The highest BCUT2D eigenvalue weighted by Crippen LogP contribution is 2.44. The van der Waals surface area contributed by atoms with E-state index < -0.39 is 24.4 Å². The third-order valence-corrected chi connectivity index (χ3v) is 8.39. The van der Waals surface area contributed by atoms with E-state index in [4.69, 9.17) is 19.6 Å². The molecule has 0 unspecified atom stereocenters. The van der Waals surface area contributed by atoms with Crippen LogP contribution in [0.1, 0.15) is 61.4 Å². The van der Waals surface area contributed by atoms with Gasteiger partial charge in [-0.3, -0.25) is 0 Å². The van der Waals surface area contributed by atoms with Crippen LogP contribution in [-0.2, 0) is 20.6 Å². The molecular formula is C30H33BN4O4. The first-order valence-corrected chi connectivity index (χ1v) is 13.2. The standard InChI is InChI=1S/C30H33BN4O4/c1-18-20(15-26(34-35-32)19(2)27(18)31-38-29(3,4)30(5,6)39-31)16-33-28(36)37-17-25-23-13-9-7-11-21(23)22-12-8-10-14-24(22)25/h7-15,25H,16-17H2,1-6H3,(H,33,36). The summed E-state index contributed by atoms with van der Waals surface area (Å²) in [6.07, 6.45) is -0.514. The number of ether oxygens (including phenoxy) is 1. The maximum Gasteiger partial charge on any atom is 0.495 e. The maximum absolute atomic E-state index is 12.8. The Hall–Kier alpha value is -3.78. The molecule has 39 heavy (non-hydrogen) atoms. The molecule has 0 saturated carbocycles. The molecule has 1 aliphatic heterocycles. The molecule has 5 rings (SSSR count). The number of carbonyl (C=O) groups is 1. The number of hydrogen-bond acceptors (Lipinski definition) is 5. The molecule has 0 radical (unpaired) electrons. The molecule has 9 heteroatoms. The average molecular weight is 524 g/mol. The zero-order valence-corrected chi connectivity index (χ0v) is 23.2. The van der Waals surface area contributed by atoms with E-state index in [0.717, 1.165) is 33.3 Å². The van der Waals surface area contributed by atoms with Crippen molar-refractivity contribution in [2.45, 2.75) is 65.2 Å². The van der Waals surface area contributed by atoms with Crippen LogP contribution in [0.15, 0.2) is 59.7 Å². The van der Waals surface area contributed by atoms with Crippen LogP contribution in [0, 0.1) is 13.8 Å². The Labute approximate surface area is 229 Å². The van der Waals surface area contributed by atoms with Crippen LogP contribution < -0.4 is 10.8 Å². The topological polar surface area (TPSA) is 106 Å². The SMILES string of the molecule is Cc1c(CNC(=O)OCC2c3ccccc3-c3ccccc32)cc(N=[N+]=[N-])c(C)c1B1OC(C)(C)C(C)(C)O1. The van der Waals surface area contributed by atoms with E-state index in [0.29, 0.717) is 5.69 Å². The van der Waals surface area contributed by atoms with Crippen LogP contribution >= 0.6 is 0 Å². The normalized spacial score (nSPS) is 16.8. The first kappa shape index (κ1) is 26.8. The number of carbonyl (C=O) groups excluding carboxylic acids is 1. The van der Waals surface area contributed by atoms with Crippen molar-refractivity contribution < 1.29 is 18.8 Å². The molecule has 8 nitrogen and oxygen atoms in total. The summed E-state index contributed by atoms with van der Waals surface area (Å²) in [5.41, 5.74) is 16.6. The second kappa shape index (κ2) is 10.1. The minimum Gasteiger partial charge on any atom is -0.449 e. The Balaban J connectivity index is 1.33. The highest BCUT2D eigenvalue weighted by molar-refractivity contribution is 6.63. The van der Waals surface area contributed by atoms with Crippen molar-refractivity contribution in [1.29, 1.82) is 0 Å². The van der Waals surface area contributed by atoms with E-state index in [2.05, 4.69) is 39.6 Å². The quantitative estimate of drug-likeness (QED) is 0.170. The van der Waals surface area contributed by atoms with Crippen LogP contribution in [0.3, 0.4) is 0 Å². The predicted molar refractivity (Wildman–Crippen MR) is 152 cm³/mol. The predicted octanol–water partition coefficient (Wildman–Crippen LogP) is 6.58. The molecule has 3 aromatic rings. The summed E-state index contributed by atoms with van der Waals surface area (Å²) in [6, 6.07) is 18.3. The van der Waals surface area contributed by atoms with Crippen molar-refractivity contribution in [3.8, 4) is 11.1 Å². The summed E-state index contributed by atoms with van der Waals surface area (Å²) in [7, 11) is -0.628. The van der Waals surface area contributed by atoms with Gasteiger partial charge in [0.2, 0.25) is 0 Å². The first-order chi connectivity index (χ1) is 18.5. The van der Waals surface area contributed by atoms with Crippen molar-refractivity contribution in [1.82, 2.24) is 5.32 Å². The van der Waals surface area contributed by atoms with Crippen LogP contribution in [0.25, 0.3) is 21.6 Å². The molecule has 0 bridgehead atoms. The smallest absolute Gasteiger partial charge is 0.449 e. The van der Waals surface area contributed by atoms with Crippen molar-refractivity contribution in [3.05, 3.63) is 92.9 Å². The third kappa shape index (κ3) is 4.78. The second-order valence-electron chi connectivity index (χ2n) is 11.2. The molecule has 1 amide bonds. The molecular weight excluding hydrogens is 491 g/mol. The molecule has 0 spiro atoms. The number of rotatable bonds is 6. The van der Waals surface area contributed by atoms with Gasteiger partial charge in [-0.15, -0.1) is 0 Å². The molecule has 1 saturated heterocycles. The molecule has 1 aliphatic carbocycles. The minimum absolute atomic E-state index is 0.0178. The molecule has 1 fully saturated rings. The molecule has 200 valence electrons. The van der Waals surface area contributed by atoms with Gasteiger partial charge in [-0.05, 0) is 97.5 Å². The summed E-state index contributed by atoms with van der Waals surface area (Å²) in [5.74, 6) is -0.0178. The van der Waals surface area contributed by atoms with Gasteiger partial charge in [0.1, 0.15) is 6.61 Å². The Morgan fingerprint density at radius 1 is 1.00 bits per heavy atom. The van der Waals surface area contributed by atoms with Gasteiger partial charge in [0.25, 0.3) is 0 Å². The number of amides is 1. The van der Waals surface area contributed by atoms with Gasteiger partial charge in [0, 0.05) is 23.1 Å². The van der Waals surface area contributed by atoms with Crippen LogP contribution in [0.5, 0.6) is 0 Å². The number of benzene rings is 3. The van der Waals surface area contributed by atoms with Gasteiger partial charge in [-0.25, -0.2) is 4.79 Å². The van der Waals surface area contributed by atoms with Gasteiger partial charge in [-0.2, -0.15) is 0 Å². The molecule has 1 N–H and O–H groups in total. The summed E-state index contributed by atoms with van der Waals surface area (Å²) in [6.45, 7) is 12.3. The van der Waals surface area contributed by atoms with E-state index >= 15 is 0 Å². The molecule has 0 aromatic heterocycles. The van der Waals surface area contributed by atoms with E-state index in [1.165, 1.54) is 11.1 Å². The summed E-state index contributed by atoms with van der Waals surface area (Å²) < 4.78 is 18.3. The zero-order chi connectivity index (χ0) is 27.9. The summed E-state index contributed by atoms with van der Waals surface area (Å²) in [4.78, 5) is 15.8. The summed E-state index contributed by atoms with van der Waals surface area (Å²) in [5, 5.41) is 6.77. The van der Waals surface area contributed by atoms with Crippen molar-refractivity contribution in [3.63, 3.8) is 0 Å². The largest absolute Gasteiger partial charge is 0.495 e. The average Bonchev–Trinajstić information content (AvgIpc) is 3.32. The van der Waals surface area contributed by atoms with E-state index in [1.54, 1.807) is 6.07 Å². The molecule has 2 aliphatic rings. The number of hydrogen-bond donors (Lipinski definition) is 1. The van der Waals surface area contributed by atoms with Crippen LogP contribution in [0.2, 0.25) is 0 Å². The van der Waals surface area contributed by atoms with Gasteiger partial charge in [-0.1, -0.05) is 53.6 Å². The molecule has 1 heterocycles. The maximum atomic E-state index is 12.8. The number of azide groups is 1. The second-order valence-corrected chi connectivity index (χ2v) is 11.2. The first-order valence-electron chi connectivity index (χ1n) is 13.2. The Bertz CT molecular complexity index is 1430. The van der Waals surface area contributed by atoms with Crippen molar-refractivity contribution >= 4 is 24.4 Å². The lowest BCUT2D eigenvalue weighted by atomic mass is 9.71. The Morgan fingerprint density at radius 3 is 2.13 bits per heavy atom. The monoisotopic (exact) mass is 524 g/mol. The van der Waals surface area contributed by atoms with Gasteiger partial charge in [0.15, 0.2) is 0 Å². The fourth-order valence-corrected chi connectivity index (χ4v) is 5.44. The van der Waals surface area contributed by atoms with Crippen LogP contribution in [0.4, 0.5) is 10.5 Å². The Kier molecular flexibility index (Phi) is 6.93. The summed E-state index contributed by atoms with van der Waals surface area (Å²) >= 11 is 0. The van der Waals surface area contributed by atoms with E-state index in [1.807, 2.05) is 65.8 Å². The fourth-order valence-electron chi connectivity index (χ4n) is 5.44. The van der Waals surface area contributed by atoms with E-state index in [9.17, 15) is 4.79 Å². The molecule has 0 atom stereocenters. The van der Waals surface area contributed by atoms with Crippen molar-refractivity contribution in [2.24, 2.45) is 5.11 Å². The highest BCUT2D eigenvalue weighted by Gasteiger charge is 2.52. The Morgan fingerprint density at radius 2 is 1.56 bits per heavy atom. The number of fused-ring (bicyclic) bond motifs is 3. The van der Waals surface area contributed by atoms with Crippen molar-refractivity contribution in [2.75, 3.05) is 6.61 Å². The fraction of sp³-hybridized carbons (Fsp3) is 0.367. The lowest BCUT2D eigenvalue weighted by molar-refractivity contribution is 0.00578. The number of nitrogens with zero attached hydrogens (tertiary/aromatic N) is 3. The number of alkyl carbamates (subject to hydrolysis) is 1. The lowest BCUT2D eigenvalue weighted by Gasteiger charge is -2.32. The van der Waals surface area contributed by atoms with Gasteiger partial charge >= 0.3 is 13.2 Å². The van der Waals surface area contributed by atoms with Crippen LogP contribution in [-0.4, -0.2) is 31.0 Å². The van der Waals surface area contributed by atoms with Gasteiger partial charge < -0.3 is 19.4 Å². The lowest BCUT2D eigenvalue weighted by Crippen LogP contribution is -2.41. The third-order valence-electron chi connectivity index (χ3n) is 8.39. The zero-order valence-electron chi connectivity index (χ0n) is 23.2. The minimum atomic E-state index is -0.628. The highest BCUT2D eigenvalue weighted by atomic mass is 16.7. The molecule has 3 aromatic carbocycles.